The number of rotatable bonds is 4. The van der Waals surface area contributed by atoms with Gasteiger partial charge in [0.2, 0.25) is 0 Å². The third kappa shape index (κ3) is 3.33. The van der Waals surface area contributed by atoms with E-state index in [1.165, 1.54) is 24.8 Å². The maximum Gasteiger partial charge on any atom is 0.0279 e. The van der Waals surface area contributed by atoms with E-state index in [0.717, 1.165) is 24.2 Å². The molecule has 0 aliphatic heterocycles. The maximum absolute atomic E-state index is 5.78. The molecule has 1 aliphatic carbocycles. The molecule has 1 aliphatic rings. The van der Waals surface area contributed by atoms with Crippen molar-refractivity contribution in [3.05, 3.63) is 35.9 Å². The molecule has 4 unspecified atom stereocenters. The molecule has 2 rings (SSSR count). The third-order valence-corrected chi connectivity index (χ3v) is 4.72. The maximum atomic E-state index is 5.78. The van der Waals surface area contributed by atoms with Gasteiger partial charge in [-0.15, -0.1) is 0 Å². The molecule has 1 fully saturated rings. The molecule has 0 heterocycles. The first kappa shape index (κ1) is 13.6. The number of nitrogens with two attached hydrogens (primary N) is 1. The van der Waals surface area contributed by atoms with Crippen LogP contribution in [-0.2, 0) is 6.42 Å². The van der Waals surface area contributed by atoms with Crippen molar-refractivity contribution < 1.29 is 0 Å². The van der Waals surface area contributed by atoms with Crippen LogP contribution in [0, 0.1) is 17.8 Å². The second-order valence-electron chi connectivity index (χ2n) is 5.99. The Hall–Kier alpha value is -0.860. The molecule has 4 atom stereocenters. The molecular weight excluding hydrogens is 220 g/mol. The summed E-state index contributed by atoms with van der Waals surface area (Å²) >= 11 is 0. The van der Waals surface area contributed by atoms with Crippen LogP contribution in [0.4, 0.5) is 0 Å². The van der Waals surface area contributed by atoms with Crippen molar-refractivity contribution in [2.45, 2.75) is 45.6 Å². The number of hydrogen-bond donors (Lipinski definition) is 2. The van der Waals surface area contributed by atoms with Crippen LogP contribution in [0.15, 0.2) is 30.3 Å². The zero-order valence-electron chi connectivity index (χ0n) is 11.6. The lowest BCUT2D eigenvalue weighted by atomic mass is 9.72. The molecule has 0 amide bonds. The highest BCUT2D eigenvalue weighted by atomic mass is 15.2. The quantitative estimate of drug-likeness (QED) is 0.633. The van der Waals surface area contributed by atoms with Crippen LogP contribution in [0.1, 0.15) is 38.7 Å². The Kier molecular flexibility index (Phi) is 4.79. The predicted octanol–water partition coefficient (Wildman–Crippen LogP) is 3.13. The zero-order valence-corrected chi connectivity index (χ0v) is 11.6. The summed E-state index contributed by atoms with van der Waals surface area (Å²) in [5.74, 6) is 8.21. The molecule has 18 heavy (non-hydrogen) atoms. The van der Waals surface area contributed by atoms with E-state index in [1.807, 2.05) is 0 Å². The summed E-state index contributed by atoms with van der Waals surface area (Å²) in [7, 11) is 0. The number of hydrazine groups is 1. The Bertz CT molecular complexity index is 349. The SMILES string of the molecule is CC1CCC(C(Cc2ccccc2)NN)CC1C. The Morgan fingerprint density at radius 3 is 2.50 bits per heavy atom. The Morgan fingerprint density at radius 2 is 1.89 bits per heavy atom. The summed E-state index contributed by atoms with van der Waals surface area (Å²) in [5, 5.41) is 0. The number of nitrogens with one attached hydrogen (secondary N) is 1. The van der Waals surface area contributed by atoms with E-state index in [1.54, 1.807) is 0 Å². The normalized spacial score (nSPS) is 30.1. The first-order chi connectivity index (χ1) is 8.70. The molecule has 2 nitrogen and oxygen atoms in total. The van der Waals surface area contributed by atoms with Crippen LogP contribution in [0.3, 0.4) is 0 Å². The van der Waals surface area contributed by atoms with E-state index in [9.17, 15) is 0 Å². The number of hydrogen-bond acceptors (Lipinski definition) is 2. The Balaban J connectivity index is 1.97. The fourth-order valence-corrected chi connectivity index (χ4v) is 3.18. The van der Waals surface area contributed by atoms with E-state index in [4.69, 9.17) is 5.84 Å². The molecule has 0 radical (unpaired) electrons. The highest BCUT2D eigenvalue weighted by Crippen LogP contribution is 2.35. The van der Waals surface area contributed by atoms with Gasteiger partial charge in [-0.1, -0.05) is 50.6 Å². The highest BCUT2D eigenvalue weighted by Gasteiger charge is 2.29. The fourth-order valence-electron chi connectivity index (χ4n) is 3.18. The summed E-state index contributed by atoms with van der Waals surface area (Å²) in [5.41, 5.74) is 4.44. The minimum absolute atomic E-state index is 0.419. The molecule has 2 heteroatoms. The molecule has 100 valence electrons. The van der Waals surface area contributed by atoms with Crippen LogP contribution in [0.2, 0.25) is 0 Å². The molecule has 3 N–H and O–H groups in total. The minimum atomic E-state index is 0.419. The van der Waals surface area contributed by atoms with Gasteiger partial charge in [-0.2, -0.15) is 0 Å². The fraction of sp³-hybridized carbons (Fsp3) is 0.625. The van der Waals surface area contributed by atoms with Crippen molar-refractivity contribution in [2.75, 3.05) is 0 Å². The van der Waals surface area contributed by atoms with Gasteiger partial charge in [-0.25, -0.2) is 0 Å². The summed E-state index contributed by atoms with van der Waals surface area (Å²) < 4.78 is 0. The van der Waals surface area contributed by atoms with E-state index < -0.39 is 0 Å². The Morgan fingerprint density at radius 1 is 1.17 bits per heavy atom. The summed E-state index contributed by atoms with van der Waals surface area (Å²) in [4.78, 5) is 0. The molecule has 0 bridgehead atoms. The third-order valence-electron chi connectivity index (χ3n) is 4.72. The molecule has 0 aromatic heterocycles. The lowest BCUT2D eigenvalue weighted by Crippen LogP contribution is -2.44. The van der Waals surface area contributed by atoms with Crippen LogP contribution in [0.25, 0.3) is 0 Å². The van der Waals surface area contributed by atoms with Crippen LogP contribution >= 0.6 is 0 Å². The smallest absolute Gasteiger partial charge is 0.0279 e. The van der Waals surface area contributed by atoms with Gasteiger partial charge >= 0.3 is 0 Å². The van der Waals surface area contributed by atoms with Gasteiger partial charge in [0.1, 0.15) is 0 Å². The molecule has 1 aromatic rings. The Labute approximate surface area is 111 Å². The summed E-state index contributed by atoms with van der Waals surface area (Å²) in [6, 6.07) is 11.1. The van der Waals surface area contributed by atoms with Crippen molar-refractivity contribution in [1.29, 1.82) is 0 Å². The van der Waals surface area contributed by atoms with Gasteiger partial charge in [0.15, 0.2) is 0 Å². The van der Waals surface area contributed by atoms with Gasteiger partial charge in [0.25, 0.3) is 0 Å². The number of benzene rings is 1. The van der Waals surface area contributed by atoms with Crippen molar-refractivity contribution in [1.82, 2.24) is 5.43 Å². The molecule has 1 saturated carbocycles. The van der Waals surface area contributed by atoms with E-state index in [-0.39, 0.29) is 0 Å². The van der Waals surface area contributed by atoms with Gasteiger partial charge < -0.3 is 0 Å². The monoisotopic (exact) mass is 246 g/mol. The van der Waals surface area contributed by atoms with E-state index >= 15 is 0 Å². The van der Waals surface area contributed by atoms with Crippen LogP contribution in [-0.4, -0.2) is 6.04 Å². The minimum Gasteiger partial charge on any atom is -0.271 e. The second kappa shape index (κ2) is 6.35. The van der Waals surface area contributed by atoms with Crippen molar-refractivity contribution in [3.63, 3.8) is 0 Å². The average molecular weight is 246 g/mol. The molecule has 0 saturated heterocycles. The zero-order chi connectivity index (χ0) is 13.0. The van der Waals surface area contributed by atoms with Crippen molar-refractivity contribution >= 4 is 0 Å². The summed E-state index contributed by atoms with van der Waals surface area (Å²) in [6.45, 7) is 4.76. The lowest BCUT2D eigenvalue weighted by molar-refractivity contribution is 0.170. The predicted molar refractivity (Wildman–Crippen MR) is 76.9 cm³/mol. The average Bonchev–Trinajstić information content (AvgIpc) is 2.40. The van der Waals surface area contributed by atoms with Gasteiger partial charge in [-0.3, -0.25) is 11.3 Å². The lowest BCUT2D eigenvalue weighted by Gasteiger charge is -2.36. The first-order valence-electron chi connectivity index (χ1n) is 7.20. The van der Waals surface area contributed by atoms with Crippen LogP contribution < -0.4 is 11.3 Å². The van der Waals surface area contributed by atoms with E-state index in [2.05, 4.69) is 49.6 Å². The van der Waals surface area contributed by atoms with Gasteiger partial charge in [0, 0.05) is 6.04 Å². The second-order valence-corrected chi connectivity index (χ2v) is 5.99. The first-order valence-corrected chi connectivity index (χ1v) is 7.20. The highest BCUT2D eigenvalue weighted by molar-refractivity contribution is 5.16. The van der Waals surface area contributed by atoms with Gasteiger partial charge in [-0.05, 0) is 42.6 Å². The largest absolute Gasteiger partial charge is 0.271 e. The van der Waals surface area contributed by atoms with Crippen LogP contribution in [0.5, 0.6) is 0 Å². The summed E-state index contributed by atoms with van der Waals surface area (Å²) in [6.07, 6.45) is 5.01. The molecule has 0 spiro atoms. The van der Waals surface area contributed by atoms with Crippen molar-refractivity contribution in [2.24, 2.45) is 23.6 Å². The standard InChI is InChI=1S/C16H26N2/c1-12-8-9-15(10-13(12)2)16(18-17)11-14-6-4-3-5-7-14/h3-7,12-13,15-16,18H,8-11,17H2,1-2H3. The molecular formula is C16H26N2. The topological polar surface area (TPSA) is 38.0 Å². The van der Waals surface area contributed by atoms with E-state index in [0.29, 0.717) is 6.04 Å². The van der Waals surface area contributed by atoms with Crippen molar-refractivity contribution in [3.8, 4) is 0 Å². The molecule has 1 aromatic carbocycles. The van der Waals surface area contributed by atoms with Gasteiger partial charge in [0.05, 0.1) is 0 Å².